The maximum atomic E-state index is 10.9. The van der Waals surface area contributed by atoms with Gasteiger partial charge in [0, 0.05) is 0 Å². The van der Waals surface area contributed by atoms with E-state index in [1.807, 2.05) is 0 Å². The summed E-state index contributed by atoms with van der Waals surface area (Å²) in [5.74, 6) is 0.292. The first kappa shape index (κ1) is 8.06. The lowest BCUT2D eigenvalue weighted by atomic mass is 10.5. The molecule has 0 aliphatic carbocycles. The van der Waals surface area contributed by atoms with Gasteiger partial charge in [-0.3, -0.25) is 4.79 Å². The van der Waals surface area contributed by atoms with Crippen LogP contribution < -0.4 is 10.3 Å². The van der Waals surface area contributed by atoms with E-state index in [0.29, 0.717) is 5.75 Å². The minimum Gasteiger partial charge on any atom is -0.494 e. The molecule has 11 heavy (non-hydrogen) atoms. The zero-order valence-corrected chi connectivity index (χ0v) is 7.20. The van der Waals surface area contributed by atoms with Gasteiger partial charge in [-0.05, 0) is 15.9 Å². The number of rotatable bonds is 1. The number of methoxy groups -OCH3 is 1. The van der Waals surface area contributed by atoms with Crippen molar-refractivity contribution in [2.45, 2.75) is 0 Å². The minimum absolute atomic E-state index is 0.150. The monoisotopic (exact) mass is 220 g/mol. The van der Waals surface area contributed by atoms with Gasteiger partial charge in [-0.25, -0.2) is 0 Å². The summed E-state index contributed by atoms with van der Waals surface area (Å²) in [6.07, 6.45) is 1.23. The van der Waals surface area contributed by atoms with Crippen LogP contribution in [-0.4, -0.2) is 22.3 Å². The van der Waals surface area contributed by atoms with Gasteiger partial charge in [-0.15, -0.1) is 5.10 Å². The number of halogens is 1. The highest BCUT2D eigenvalue weighted by Gasteiger charge is 2.06. The van der Waals surface area contributed by atoms with Crippen molar-refractivity contribution in [1.82, 2.24) is 9.94 Å². The van der Waals surface area contributed by atoms with Crippen molar-refractivity contribution >= 4 is 15.9 Å². The van der Waals surface area contributed by atoms with E-state index in [1.54, 1.807) is 0 Å². The first-order valence-electron chi connectivity index (χ1n) is 2.68. The second-order valence-electron chi connectivity index (χ2n) is 1.72. The van der Waals surface area contributed by atoms with Crippen LogP contribution in [0.3, 0.4) is 0 Å². The molecule has 5 nitrogen and oxygen atoms in total. The summed E-state index contributed by atoms with van der Waals surface area (Å²) < 4.78 is 4.90. The molecule has 0 saturated carbocycles. The molecule has 60 valence electrons. The lowest BCUT2D eigenvalue weighted by Crippen LogP contribution is -2.21. The molecule has 6 heteroatoms. The van der Waals surface area contributed by atoms with Crippen LogP contribution in [0, 0.1) is 0 Å². The summed E-state index contributed by atoms with van der Waals surface area (Å²) in [5.41, 5.74) is -0.649. The zero-order chi connectivity index (χ0) is 8.43. The number of nitrogens with zero attached hydrogens (tertiary/aromatic N) is 2. The van der Waals surface area contributed by atoms with Gasteiger partial charge in [0.15, 0.2) is 5.75 Å². The first-order valence-corrected chi connectivity index (χ1v) is 3.47. The van der Waals surface area contributed by atoms with Crippen molar-refractivity contribution < 1.29 is 9.94 Å². The molecule has 0 atom stereocenters. The van der Waals surface area contributed by atoms with Gasteiger partial charge < -0.3 is 9.94 Å². The average Bonchev–Trinajstić information content (AvgIpc) is 2.01. The summed E-state index contributed by atoms with van der Waals surface area (Å²) >= 11 is 2.93. The van der Waals surface area contributed by atoms with Crippen LogP contribution in [0.5, 0.6) is 5.75 Å². The molecule has 0 bridgehead atoms. The Morgan fingerprint density at radius 1 is 1.82 bits per heavy atom. The molecule has 0 aromatic carbocycles. The highest BCUT2D eigenvalue weighted by Crippen LogP contribution is 2.17. The fourth-order valence-electron chi connectivity index (χ4n) is 0.552. The van der Waals surface area contributed by atoms with E-state index in [0.717, 1.165) is 0 Å². The highest BCUT2D eigenvalue weighted by molar-refractivity contribution is 9.10. The molecule has 0 radical (unpaired) electrons. The molecule has 0 spiro atoms. The van der Waals surface area contributed by atoms with Gasteiger partial charge in [-0.1, -0.05) is 4.85 Å². The molecule has 1 rings (SSSR count). The number of hydrogen-bond acceptors (Lipinski definition) is 4. The Labute approximate surface area is 70.3 Å². The Hall–Kier alpha value is -1.04. The molecule has 0 aliphatic heterocycles. The molecule has 0 saturated heterocycles. The van der Waals surface area contributed by atoms with Crippen LogP contribution in [0.2, 0.25) is 0 Å². The Bertz CT molecular complexity index is 322. The molecule has 0 unspecified atom stereocenters. The third kappa shape index (κ3) is 1.35. The first-order chi connectivity index (χ1) is 5.16. The average molecular weight is 221 g/mol. The summed E-state index contributed by atoms with van der Waals surface area (Å²) in [7, 11) is 1.41. The molecule has 1 heterocycles. The van der Waals surface area contributed by atoms with Crippen LogP contribution in [0.25, 0.3) is 0 Å². The molecule has 1 N–H and O–H groups in total. The predicted molar refractivity (Wildman–Crippen MR) is 39.9 cm³/mol. The number of aromatic nitrogens is 2. The van der Waals surface area contributed by atoms with Gasteiger partial charge in [0.1, 0.15) is 4.47 Å². The molecule has 1 aromatic heterocycles. The van der Waals surface area contributed by atoms with Crippen molar-refractivity contribution in [2.24, 2.45) is 0 Å². The van der Waals surface area contributed by atoms with E-state index >= 15 is 0 Å². The smallest absolute Gasteiger partial charge is 0.320 e. The summed E-state index contributed by atoms with van der Waals surface area (Å²) in [5, 5.41) is 12.0. The van der Waals surface area contributed by atoms with Crippen molar-refractivity contribution in [3.05, 3.63) is 21.0 Å². The molecule has 0 fully saturated rings. The van der Waals surface area contributed by atoms with Crippen molar-refractivity contribution in [1.29, 1.82) is 0 Å². The maximum Gasteiger partial charge on any atom is 0.320 e. The van der Waals surface area contributed by atoms with E-state index in [1.165, 1.54) is 13.3 Å². The maximum absolute atomic E-state index is 10.9. The lowest BCUT2D eigenvalue weighted by Gasteiger charge is -2.00. The Morgan fingerprint density at radius 2 is 2.45 bits per heavy atom. The minimum atomic E-state index is -0.649. The second kappa shape index (κ2) is 2.91. The van der Waals surface area contributed by atoms with Gasteiger partial charge in [0.05, 0.1) is 13.3 Å². The lowest BCUT2D eigenvalue weighted by molar-refractivity contribution is 0.131. The van der Waals surface area contributed by atoms with E-state index in [9.17, 15) is 4.79 Å². The second-order valence-corrected chi connectivity index (χ2v) is 2.51. The van der Waals surface area contributed by atoms with Gasteiger partial charge in [0.2, 0.25) is 0 Å². The SMILES string of the molecule is COc1cnn(O)c(=O)c1Br. The van der Waals surface area contributed by atoms with E-state index < -0.39 is 5.56 Å². The van der Waals surface area contributed by atoms with Crippen LogP contribution in [-0.2, 0) is 0 Å². The summed E-state index contributed by atoms with van der Waals surface area (Å²) in [4.78, 5) is 11.1. The van der Waals surface area contributed by atoms with Crippen molar-refractivity contribution in [2.75, 3.05) is 7.11 Å². The van der Waals surface area contributed by atoms with E-state index in [2.05, 4.69) is 21.0 Å². The summed E-state index contributed by atoms with van der Waals surface area (Å²) in [6, 6.07) is 0. The Kier molecular flexibility index (Phi) is 2.13. The standard InChI is InChI=1S/C5H5BrN2O3/c1-11-3-2-7-8(10)5(9)4(3)6/h2,10H,1H3. The van der Waals surface area contributed by atoms with Gasteiger partial charge >= 0.3 is 5.56 Å². The molecule has 1 aromatic rings. The van der Waals surface area contributed by atoms with E-state index in [-0.39, 0.29) is 9.32 Å². The topological polar surface area (TPSA) is 64.3 Å². The van der Waals surface area contributed by atoms with Crippen LogP contribution in [0.15, 0.2) is 15.5 Å². The van der Waals surface area contributed by atoms with Gasteiger partial charge in [0.25, 0.3) is 0 Å². The van der Waals surface area contributed by atoms with Crippen molar-refractivity contribution in [3.8, 4) is 5.75 Å². The summed E-state index contributed by atoms with van der Waals surface area (Å²) in [6.45, 7) is 0. The largest absolute Gasteiger partial charge is 0.494 e. The highest BCUT2D eigenvalue weighted by atomic mass is 79.9. The Morgan fingerprint density at radius 3 is 3.00 bits per heavy atom. The molecular weight excluding hydrogens is 216 g/mol. The quantitative estimate of drug-likeness (QED) is 0.690. The third-order valence-corrected chi connectivity index (χ3v) is 1.82. The van der Waals surface area contributed by atoms with Crippen molar-refractivity contribution in [3.63, 3.8) is 0 Å². The molecule has 0 aliphatic rings. The predicted octanol–water partition coefficient (Wildman–Crippen LogP) is 0.252. The van der Waals surface area contributed by atoms with Crippen LogP contribution in [0.4, 0.5) is 0 Å². The Balaban J connectivity index is 3.37. The van der Waals surface area contributed by atoms with Crippen LogP contribution >= 0.6 is 15.9 Å². The number of ether oxygens (including phenoxy) is 1. The number of hydrogen-bond donors (Lipinski definition) is 1. The fraction of sp³-hybridized carbons (Fsp3) is 0.200. The van der Waals surface area contributed by atoms with Crippen LogP contribution in [0.1, 0.15) is 0 Å². The molecule has 0 amide bonds. The molecular formula is C5H5BrN2O3. The fourth-order valence-corrected chi connectivity index (χ4v) is 0.975. The third-order valence-electron chi connectivity index (χ3n) is 1.09. The van der Waals surface area contributed by atoms with E-state index in [4.69, 9.17) is 9.94 Å². The van der Waals surface area contributed by atoms with Gasteiger partial charge in [-0.2, -0.15) is 0 Å². The normalized spacial score (nSPS) is 9.64. The zero-order valence-electron chi connectivity index (χ0n) is 5.61.